The van der Waals surface area contributed by atoms with Crippen molar-refractivity contribution < 1.29 is 0 Å². The van der Waals surface area contributed by atoms with Crippen molar-refractivity contribution in [3.05, 3.63) is 187 Å². The van der Waals surface area contributed by atoms with Crippen molar-refractivity contribution in [3.63, 3.8) is 0 Å². The summed E-state index contributed by atoms with van der Waals surface area (Å²) in [5, 5.41) is 27.3. The molecule has 0 spiro atoms. The molecule has 0 fully saturated rings. The van der Waals surface area contributed by atoms with E-state index in [0.717, 1.165) is 71.8 Å². The van der Waals surface area contributed by atoms with Gasteiger partial charge in [0, 0.05) is 38.0 Å². The molecule has 254 valence electrons. The maximum Gasteiger partial charge on any atom is 0.101 e. The quantitative estimate of drug-likeness (QED) is 0.184. The van der Waals surface area contributed by atoms with E-state index >= 15 is 0 Å². The van der Waals surface area contributed by atoms with Gasteiger partial charge >= 0.3 is 0 Å². The molecular formula is C50H29N5. The van der Waals surface area contributed by atoms with E-state index in [-0.39, 0.29) is 0 Å². The third kappa shape index (κ3) is 4.45. The minimum absolute atomic E-state index is 0.585. The van der Waals surface area contributed by atoms with Gasteiger partial charge in [0.15, 0.2) is 0 Å². The van der Waals surface area contributed by atoms with E-state index in [1.165, 1.54) is 21.8 Å². The molecule has 0 bridgehead atoms. The highest BCUT2D eigenvalue weighted by Crippen LogP contribution is 2.41. The van der Waals surface area contributed by atoms with E-state index in [1.807, 2.05) is 30.3 Å². The van der Waals surface area contributed by atoms with Crippen LogP contribution in [0.25, 0.3) is 93.6 Å². The summed E-state index contributed by atoms with van der Waals surface area (Å²) in [4.78, 5) is 0. The van der Waals surface area contributed by atoms with E-state index in [1.54, 1.807) is 0 Å². The molecule has 0 N–H and O–H groups in total. The van der Waals surface area contributed by atoms with Crippen LogP contribution in [0.4, 0.5) is 0 Å². The van der Waals surface area contributed by atoms with Crippen LogP contribution in [0.2, 0.25) is 0 Å². The fraction of sp³-hybridized carbons (Fsp3) is 0. The van der Waals surface area contributed by atoms with E-state index in [4.69, 9.17) is 0 Å². The fourth-order valence-electron chi connectivity index (χ4n) is 8.74. The van der Waals surface area contributed by atoms with Gasteiger partial charge in [-0.05, 0) is 83.9 Å². The molecule has 0 atom stereocenters. The first-order valence-corrected chi connectivity index (χ1v) is 18.3. The molecule has 0 aliphatic heterocycles. The first-order valence-electron chi connectivity index (χ1n) is 18.3. The van der Waals surface area contributed by atoms with Crippen LogP contribution in [0.5, 0.6) is 0 Å². The Morgan fingerprint density at radius 3 is 1.51 bits per heavy atom. The summed E-state index contributed by atoms with van der Waals surface area (Å²) >= 11 is 0. The van der Waals surface area contributed by atoms with Crippen molar-refractivity contribution in [1.82, 2.24) is 13.7 Å². The molecular weight excluding hydrogens is 671 g/mol. The van der Waals surface area contributed by atoms with Gasteiger partial charge in [-0.3, -0.25) is 0 Å². The SMILES string of the molecule is N#Cc1ccc2c(c1)c1ccccc1n2-c1cccc2c3ccccc3n(-c3ccc(-c4ccc(-n5c6ccccc6c6ccccc65)cc4)cc3C#N)c12. The van der Waals surface area contributed by atoms with Crippen molar-refractivity contribution in [2.75, 3.05) is 0 Å². The van der Waals surface area contributed by atoms with Crippen molar-refractivity contribution in [2.45, 2.75) is 0 Å². The number of nitriles is 2. The van der Waals surface area contributed by atoms with Gasteiger partial charge < -0.3 is 13.7 Å². The van der Waals surface area contributed by atoms with Gasteiger partial charge in [0.1, 0.15) is 6.07 Å². The van der Waals surface area contributed by atoms with Gasteiger partial charge in [-0.15, -0.1) is 0 Å². The summed E-state index contributed by atoms with van der Waals surface area (Å²) in [5.74, 6) is 0. The second kappa shape index (κ2) is 11.8. The van der Waals surface area contributed by atoms with Crippen molar-refractivity contribution >= 4 is 65.4 Å². The summed E-state index contributed by atoms with van der Waals surface area (Å²) in [6.45, 7) is 0. The molecule has 0 amide bonds. The molecule has 55 heavy (non-hydrogen) atoms. The molecule has 11 aromatic rings. The molecule has 8 aromatic carbocycles. The van der Waals surface area contributed by atoms with Crippen LogP contribution < -0.4 is 0 Å². The van der Waals surface area contributed by atoms with E-state index in [0.29, 0.717) is 11.1 Å². The van der Waals surface area contributed by atoms with Gasteiger partial charge in [-0.25, -0.2) is 0 Å². The Morgan fingerprint density at radius 2 is 0.873 bits per heavy atom. The highest BCUT2D eigenvalue weighted by molar-refractivity contribution is 6.15. The first-order chi connectivity index (χ1) is 27.2. The smallest absolute Gasteiger partial charge is 0.101 e. The lowest BCUT2D eigenvalue weighted by Gasteiger charge is -2.16. The van der Waals surface area contributed by atoms with Crippen molar-refractivity contribution in [2.24, 2.45) is 0 Å². The number of benzene rings is 8. The Morgan fingerprint density at radius 1 is 0.345 bits per heavy atom. The molecule has 0 saturated heterocycles. The number of hydrogen-bond acceptors (Lipinski definition) is 2. The van der Waals surface area contributed by atoms with Crippen LogP contribution in [0, 0.1) is 22.7 Å². The Hall–Kier alpha value is -7.86. The summed E-state index contributed by atoms with van der Waals surface area (Å²) in [6.07, 6.45) is 0. The Kier molecular flexibility index (Phi) is 6.61. The summed E-state index contributed by atoms with van der Waals surface area (Å²) < 4.78 is 6.86. The van der Waals surface area contributed by atoms with Crippen LogP contribution in [0.15, 0.2) is 176 Å². The first kappa shape index (κ1) is 30.7. The summed E-state index contributed by atoms with van der Waals surface area (Å²) in [5.41, 5.74) is 12.6. The molecule has 0 unspecified atom stereocenters. The zero-order chi connectivity index (χ0) is 36.6. The van der Waals surface area contributed by atoms with Gasteiger partial charge in [-0.1, -0.05) is 103 Å². The Balaban J connectivity index is 1.10. The molecule has 11 rings (SSSR count). The maximum absolute atomic E-state index is 10.8. The van der Waals surface area contributed by atoms with Crippen LogP contribution in [0.3, 0.4) is 0 Å². The average Bonchev–Trinajstić information content (AvgIpc) is 3.89. The number of nitrogens with zero attached hydrogens (tertiary/aromatic N) is 5. The Bertz CT molecular complexity index is 3400. The number of aromatic nitrogens is 3. The molecule has 5 heteroatoms. The van der Waals surface area contributed by atoms with E-state index in [2.05, 4.69) is 171 Å². The van der Waals surface area contributed by atoms with Crippen LogP contribution >= 0.6 is 0 Å². The highest BCUT2D eigenvalue weighted by atomic mass is 15.1. The number of para-hydroxylation sites is 5. The fourth-order valence-corrected chi connectivity index (χ4v) is 8.74. The van der Waals surface area contributed by atoms with Crippen molar-refractivity contribution in [1.29, 1.82) is 10.5 Å². The molecule has 0 aliphatic carbocycles. The largest absolute Gasteiger partial charge is 0.309 e. The van der Waals surface area contributed by atoms with Gasteiger partial charge in [0.25, 0.3) is 0 Å². The Labute approximate surface area is 316 Å². The molecule has 5 nitrogen and oxygen atoms in total. The minimum atomic E-state index is 0.585. The van der Waals surface area contributed by atoms with Gasteiger partial charge in [-0.2, -0.15) is 10.5 Å². The molecule has 3 aromatic heterocycles. The second-order valence-electron chi connectivity index (χ2n) is 14.0. The molecule has 3 heterocycles. The summed E-state index contributed by atoms with van der Waals surface area (Å²) in [6, 6.07) is 65.9. The zero-order valence-corrected chi connectivity index (χ0v) is 29.5. The number of hydrogen-bond donors (Lipinski definition) is 0. The highest BCUT2D eigenvalue weighted by Gasteiger charge is 2.22. The zero-order valence-electron chi connectivity index (χ0n) is 29.5. The normalized spacial score (nSPS) is 11.6. The van der Waals surface area contributed by atoms with E-state index in [9.17, 15) is 10.5 Å². The summed E-state index contributed by atoms with van der Waals surface area (Å²) in [7, 11) is 0. The maximum atomic E-state index is 10.8. The van der Waals surface area contributed by atoms with Crippen LogP contribution in [0.1, 0.15) is 11.1 Å². The average molecular weight is 700 g/mol. The van der Waals surface area contributed by atoms with Crippen molar-refractivity contribution in [3.8, 4) is 40.3 Å². The number of rotatable bonds is 4. The lowest BCUT2D eigenvalue weighted by Crippen LogP contribution is -2.02. The number of fused-ring (bicyclic) bond motifs is 9. The van der Waals surface area contributed by atoms with Gasteiger partial charge in [0.05, 0.1) is 61.7 Å². The second-order valence-corrected chi connectivity index (χ2v) is 14.0. The van der Waals surface area contributed by atoms with Crippen LogP contribution in [-0.4, -0.2) is 13.7 Å². The lowest BCUT2D eigenvalue weighted by atomic mass is 10.0. The third-order valence-corrected chi connectivity index (χ3v) is 11.1. The lowest BCUT2D eigenvalue weighted by molar-refractivity contribution is 1.12. The standard InChI is InChI=1S/C50H29N5/c51-30-32-20-26-48-42(28-32)40-13-4-7-17-46(40)54(48)49-19-9-14-41-39-12-3-8-18-47(39)55(50(41)49)43-27-23-34(29-35(43)31-52)33-21-24-36(25-22-33)53-44-15-5-1-10-37(44)38-11-2-6-16-45(38)53/h1-29H. The van der Waals surface area contributed by atoms with Gasteiger partial charge in [0.2, 0.25) is 0 Å². The molecule has 0 saturated carbocycles. The third-order valence-electron chi connectivity index (χ3n) is 11.1. The predicted octanol–water partition coefficient (Wildman–Crippen LogP) is 12.4. The minimum Gasteiger partial charge on any atom is -0.309 e. The monoisotopic (exact) mass is 699 g/mol. The molecule has 0 radical (unpaired) electrons. The van der Waals surface area contributed by atoms with E-state index < -0.39 is 0 Å². The topological polar surface area (TPSA) is 62.4 Å². The molecule has 0 aliphatic rings. The van der Waals surface area contributed by atoms with Crippen LogP contribution in [-0.2, 0) is 0 Å². The predicted molar refractivity (Wildman–Crippen MR) is 224 cm³/mol.